The van der Waals surface area contributed by atoms with Gasteiger partial charge in [0.2, 0.25) is 0 Å². The van der Waals surface area contributed by atoms with E-state index in [1.165, 1.54) is 0 Å². The molecule has 19 heavy (non-hydrogen) atoms. The molecule has 106 valence electrons. The lowest BCUT2D eigenvalue weighted by Gasteiger charge is -2.22. The lowest BCUT2D eigenvalue weighted by atomic mass is 10.0. The first kappa shape index (κ1) is 14.3. The van der Waals surface area contributed by atoms with Crippen LogP contribution in [-0.4, -0.2) is 33.5 Å². The van der Waals surface area contributed by atoms with Gasteiger partial charge in [0, 0.05) is 19.8 Å². The number of benzene rings is 1. The van der Waals surface area contributed by atoms with Crippen LogP contribution in [0.1, 0.15) is 24.4 Å². The Morgan fingerprint density at radius 3 is 2.58 bits per heavy atom. The van der Waals surface area contributed by atoms with Crippen LogP contribution >= 0.6 is 0 Å². The van der Waals surface area contributed by atoms with Crippen molar-refractivity contribution in [2.75, 3.05) is 33.5 Å². The molecule has 4 heteroatoms. The summed E-state index contributed by atoms with van der Waals surface area (Å²) in [7, 11) is 1.66. The fourth-order valence-corrected chi connectivity index (χ4v) is 2.22. The van der Waals surface area contributed by atoms with Crippen molar-refractivity contribution in [1.29, 1.82) is 0 Å². The van der Waals surface area contributed by atoms with E-state index >= 15 is 0 Å². The molecule has 0 radical (unpaired) electrons. The average Bonchev–Trinajstić information content (AvgIpc) is 2.48. The number of ether oxygens (including phenoxy) is 3. The third-order valence-electron chi connectivity index (χ3n) is 3.54. The first-order valence-corrected chi connectivity index (χ1v) is 6.84. The van der Waals surface area contributed by atoms with E-state index in [1.807, 2.05) is 24.3 Å². The predicted molar refractivity (Wildman–Crippen MR) is 74.3 cm³/mol. The molecule has 0 saturated carbocycles. The van der Waals surface area contributed by atoms with Gasteiger partial charge in [0.15, 0.2) is 0 Å². The highest BCUT2D eigenvalue weighted by Gasteiger charge is 2.14. The van der Waals surface area contributed by atoms with Gasteiger partial charge in [-0.05, 0) is 36.5 Å². The standard InChI is InChI=1S/C15H23NO3/c1-17-14-4-2-13(3-5-14)15(16)11-19-10-12-6-8-18-9-7-12/h2-5,12,15H,6-11,16H2,1H3. The summed E-state index contributed by atoms with van der Waals surface area (Å²) in [6.07, 6.45) is 2.19. The van der Waals surface area contributed by atoms with E-state index < -0.39 is 0 Å². The summed E-state index contributed by atoms with van der Waals surface area (Å²) in [5, 5.41) is 0. The summed E-state index contributed by atoms with van der Waals surface area (Å²) in [5.41, 5.74) is 7.19. The molecule has 1 aliphatic rings. The zero-order valence-electron chi connectivity index (χ0n) is 11.5. The van der Waals surface area contributed by atoms with Crippen molar-refractivity contribution in [3.05, 3.63) is 29.8 Å². The minimum Gasteiger partial charge on any atom is -0.497 e. The van der Waals surface area contributed by atoms with Gasteiger partial charge in [-0.1, -0.05) is 12.1 Å². The molecule has 4 nitrogen and oxygen atoms in total. The van der Waals surface area contributed by atoms with E-state index in [0.29, 0.717) is 12.5 Å². The van der Waals surface area contributed by atoms with Gasteiger partial charge < -0.3 is 19.9 Å². The van der Waals surface area contributed by atoms with Gasteiger partial charge in [-0.3, -0.25) is 0 Å². The molecule has 1 fully saturated rings. The quantitative estimate of drug-likeness (QED) is 0.856. The second-order valence-corrected chi connectivity index (χ2v) is 4.97. The van der Waals surface area contributed by atoms with Crippen LogP contribution in [0, 0.1) is 5.92 Å². The summed E-state index contributed by atoms with van der Waals surface area (Å²) < 4.78 is 16.2. The minimum atomic E-state index is -0.0780. The van der Waals surface area contributed by atoms with E-state index in [-0.39, 0.29) is 6.04 Å². The SMILES string of the molecule is COc1ccc(C(N)COCC2CCOCC2)cc1. The first-order valence-electron chi connectivity index (χ1n) is 6.84. The first-order chi connectivity index (χ1) is 9.29. The van der Waals surface area contributed by atoms with Crippen LogP contribution in [0.25, 0.3) is 0 Å². The highest BCUT2D eigenvalue weighted by molar-refractivity contribution is 5.28. The lowest BCUT2D eigenvalue weighted by Crippen LogP contribution is -2.23. The van der Waals surface area contributed by atoms with Crippen molar-refractivity contribution in [2.24, 2.45) is 11.7 Å². The number of hydrogen-bond donors (Lipinski definition) is 1. The van der Waals surface area contributed by atoms with Crippen molar-refractivity contribution in [3.63, 3.8) is 0 Å². The molecule has 0 bridgehead atoms. The third-order valence-corrected chi connectivity index (χ3v) is 3.54. The van der Waals surface area contributed by atoms with Crippen molar-refractivity contribution >= 4 is 0 Å². The van der Waals surface area contributed by atoms with E-state index in [2.05, 4.69) is 0 Å². The van der Waals surface area contributed by atoms with Gasteiger partial charge in [-0.25, -0.2) is 0 Å². The van der Waals surface area contributed by atoms with Gasteiger partial charge in [0.25, 0.3) is 0 Å². The van der Waals surface area contributed by atoms with Crippen molar-refractivity contribution in [2.45, 2.75) is 18.9 Å². The second kappa shape index (κ2) is 7.48. The Balaban J connectivity index is 1.72. The molecular formula is C15H23NO3. The van der Waals surface area contributed by atoms with E-state index in [0.717, 1.165) is 44.0 Å². The normalized spacial score (nSPS) is 18.2. The van der Waals surface area contributed by atoms with Crippen molar-refractivity contribution in [3.8, 4) is 5.75 Å². The van der Waals surface area contributed by atoms with Gasteiger partial charge in [0.1, 0.15) is 5.75 Å². The number of nitrogens with two attached hydrogens (primary N) is 1. The molecule has 0 amide bonds. The van der Waals surface area contributed by atoms with E-state index in [9.17, 15) is 0 Å². The monoisotopic (exact) mass is 265 g/mol. The maximum Gasteiger partial charge on any atom is 0.118 e. The van der Waals surface area contributed by atoms with Gasteiger partial charge >= 0.3 is 0 Å². The maximum absolute atomic E-state index is 6.11. The molecule has 1 unspecified atom stereocenters. The molecule has 0 spiro atoms. The Labute approximate surface area is 114 Å². The van der Waals surface area contributed by atoms with E-state index in [1.54, 1.807) is 7.11 Å². The molecule has 2 N–H and O–H groups in total. The van der Waals surface area contributed by atoms with Crippen LogP contribution in [0.15, 0.2) is 24.3 Å². The average molecular weight is 265 g/mol. The van der Waals surface area contributed by atoms with Crippen molar-refractivity contribution < 1.29 is 14.2 Å². The summed E-state index contributed by atoms with van der Waals surface area (Å²) in [6.45, 7) is 3.06. The second-order valence-electron chi connectivity index (χ2n) is 4.97. The van der Waals surface area contributed by atoms with Gasteiger partial charge in [-0.2, -0.15) is 0 Å². The Morgan fingerprint density at radius 2 is 1.95 bits per heavy atom. The molecule has 1 heterocycles. The Kier molecular flexibility index (Phi) is 5.63. The topological polar surface area (TPSA) is 53.7 Å². The minimum absolute atomic E-state index is 0.0780. The highest BCUT2D eigenvalue weighted by Crippen LogP contribution is 2.18. The third kappa shape index (κ3) is 4.49. The summed E-state index contributed by atoms with van der Waals surface area (Å²) >= 11 is 0. The Morgan fingerprint density at radius 1 is 1.26 bits per heavy atom. The van der Waals surface area contributed by atoms with E-state index in [4.69, 9.17) is 19.9 Å². The summed E-state index contributed by atoms with van der Waals surface area (Å²) in [4.78, 5) is 0. The lowest BCUT2D eigenvalue weighted by molar-refractivity contribution is 0.0174. The molecule has 1 atom stereocenters. The van der Waals surface area contributed by atoms with Gasteiger partial charge in [-0.15, -0.1) is 0 Å². The van der Waals surface area contributed by atoms with Crippen LogP contribution in [-0.2, 0) is 9.47 Å². The molecular weight excluding hydrogens is 242 g/mol. The van der Waals surface area contributed by atoms with Gasteiger partial charge in [0.05, 0.1) is 19.8 Å². The smallest absolute Gasteiger partial charge is 0.118 e. The zero-order valence-corrected chi connectivity index (χ0v) is 11.5. The molecule has 1 saturated heterocycles. The zero-order chi connectivity index (χ0) is 13.5. The maximum atomic E-state index is 6.11. The largest absolute Gasteiger partial charge is 0.497 e. The summed E-state index contributed by atoms with van der Waals surface area (Å²) in [6, 6.07) is 7.75. The van der Waals surface area contributed by atoms with Crippen LogP contribution in [0.5, 0.6) is 5.75 Å². The van der Waals surface area contributed by atoms with Crippen LogP contribution in [0.2, 0.25) is 0 Å². The fourth-order valence-electron chi connectivity index (χ4n) is 2.22. The van der Waals surface area contributed by atoms with Crippen LogP contribution in [0.3, 0.4) is 0 Å². The van der Waals surface area contributed by atoms with Crippen LogP contribution in [0.4, 0.5) is 0 Å². The molecule has 1 aliphatic heterocycles. The predicted octanol–water partition coefficient (Wildman–Crippen LogP) is 2.14. The Hall–Kier alpha value is -1.10. The number of hydrogen-bond acceptors (Lipinski definition) is 4. The highest BCUT2D eigenvalue weighted by atomic mass is 16.5. The Bertz CT molecular complexity index is 360. The van der Waals surface area contributed by atoms with Crippen molar-refractivity contribution in [1.82, 2.24) is 0 Å². The fraction of sp³-hybridized carbons (Fsp3) is 0.600. The van der Waals surface area contributed by atoms with Crippen LogP contribution < -0.4 is 10.5 Å². The molecule has 0 aliphatic carbocycles. The molecule has 1 aromatic carbocycles. The number of rotatable bonds is 6. The number of methoxy groups -OCH3 is 1. The molecule has 1 aromatic rings. The molecule has 0 aromatic heterocycles. The molecule has 2 rings (SSSR count). The summed E-state index contributed by atoms with van der Waals surface area (Å²) in [5.74, 6) is 1.47.